The molecule has 1 unspecified atom stereocenters. The van der Waals surface area contributed by atoms with Crippen molar-refractivity contribution in [1.82, 2.24) is 5.32 Å². The van der Waals surface area contributed by atoms with Crippen LogP contribution in [0.5, 0.6) is 0 Å². The molecule has 1 atom stereocenters. The van der Waals surface area contributed by atoms with Crippen molar-refractivity contribution in [2.45, 2.75) is 19.0 Å². The van der Waals surface area contributed by atoms with Gasteiger partial charge in [-0.2, -0.15) is 0 Å². The average Bonchev–Trinajstić information content (AvgIpc) is 3.04. The normalized spacial score (nSPS) is 20.7. The van der Waals surface area contributed by atoms with Crippen LogP contribution in [-0.2, 0) is 16.4 Å². The first-order valence-electron chi connectivity index (χ1n) is 6.80. The molecule has 0 radical (unpaired) electrons. The molecule has 0 amide bonds. The number of rotatable bonds is 4. The molecule has 1 aliphatic rings. The number of furan rings is 1. The van der Waals surface area contributed by atoms with E-state index < -0.39 is 9.84 Å². The van der Waals surface area contributed by atoms with Crippen LogP contribution in [0.1, 0.15) is 12.2 Å². The van der Waals surface area contributed by atoms with E-state index >= 15 is 0 Å². The van der Waals surface area contributed by atoms with Crippen LogP contribution in [-0.4, -0.2) is 26.0 Å². The molecular formula is C15H16FNO3S. The zero-order valence-electron chi connectivity index (χ0n) is 11.4. The van der Waals surface area contributed by atoms with E-state index in [1.165, 1.54) is 12.1 Å². The predicted molar refractivity (Wildman–Crippen MR) is 78.0 cm³/mol. The molecule has 0 saturated carbocycles. The Morgan fingerprint density at radius 1 is 1.19 bits per heavy atom. The van der Waals surface area contributed by atoms with Gasteiger partial charge >= 0.3 is 0 Å². The minimum absolute atomic E-state index is 0.00521. The van der Waals surface area contributed by atoms with Crippen LogP contribution in [0.3, 0.4) is 0 Å². The van der Waals surface area contributed by atoms with Gasteiger partial charge in [-0.25, -0.2) is 12.8 Å². The van der Waals surface area contributed by atoms with Gasteiger partial charge in [0.25, 0.3) is 0 Å². The maximum atomic E-state index is 12.9. The number of nitrogens with one attached hydrogen (secondary N) is 1. The van der Waals surface area contributed by atoms with E-state index in [2.05, 4.69) is 5.32 Å². The zero-order chi connectivity index (χ0) is 14.9. The van der Waals surface area contributed by atoms with Crippen molar-refractivity contribution in [3.63, 3.8) is 0 Å². The summed E-state index contributed by atoms with van der Waals surface area (Å²) in [6, 6.07) is 9.77. The van der Waals surface area contributed by atoms with Gasteiger partial charge in [-0.15, -0.1) is 0 Å². The fourth-order valence-electron chi connectivity index (χ4n) is 2.44. The minimum Gasteiger partial charge on any atom is -0.460 e. The average molecular weight is 309 g/mol. The second-order valence-corrected chi connectivity index (χ2v) is 7.48. The van der Waals surface area contributed by atoms with E-state index in [1.807, 2.05) is 12.1 Å². The molecule has 21 heavy (non-hydrogen) atoms. The molecule has 1 fully saturated rings. The van der Waals surface area contributed by atoms with E-state index in [-0.39, 0.29) is 23.4 Å². The first kappa shape index (κ1) is 14.3. The number of halogens is 1. The lowest BCUT2D eigenvalue weighted by Gasteiger charge is -2.08. The Bertz CT molecular complexity index is 722. The Morgan fingerprint density at radius 3 is 2.62 bits per heavy atom. The van der Waals surface area contributed by atoms with Gasteiger partial charge in [0, 0.05) is 11.6 Å². The summed E-state index contributed by atoms with van der Waals surface area (Å²) in [5.74, 6) is 1.57. The van der Waals surface area contributed by atoms with Crippen molar-refractivity contribution < 1.29 is 17.2 Å². The molecule has 1 N–H and O–H groups in total. The fraction of sp³-hybridized carbons (Fsp3) is 0.333. The molecule has 1 aromatic heterocycles. The smallest absolute Gasteiger partial charge is 0.151 e. The van der Waals surface area contributed by atoms with Crippen molar-refractivity contribution in [2.24, 2.45) is 0 Å². The number of benzene rings is 1. The summed E-state index contributed by atoms with van der Waals surface area (Å²) in [7, 11) is -2.87. The van der Waals surface area contributed by atoms with Gasteiger partial charge in [0.15, 0.2) is 9.84 Å². The third-order valence-electron chi connectivity index (χ3n) is 3.59. The van der Waals surface area contributed by atoms with Crippen molar-refractivity contribution in [3.05, 3.63) is 48.0 Å². The van der Waals surface area contributed by atoms with Gasteiger partial charge in [0.05, 0.1) is 18.1 Å². The Balaban J connectivity index is 1.62. The summed E-state index contributed by atoms with van der Waals surface area (Å²) < 4.78 is 41.3. The lowest BCUT2D eigenvalue weighted by Crippen LogP contribution is -2.29. The summed E-state index contributed by atoms with van der Waals surface area (Å²) in [5, 5.41) is 3.19. The van der Waals surface area contributed by atoms with Crippen molar-refractivity contribution >= 4 is 9.84 Å². The van der Waals surface area contributed by atoms with E-state index in [4.69, 9.17) is 4.42 Å². The van der Waals surface area contributed by atoms with E-state index in [1.54, 1.807) is 12.1 Å². The zero-order valence-corrected chi connectivity index (χ0v) is 12.2. The Hall–Kier alpha value is -1.66. The van der Waals surface area contributed by atoms with Gasteiger partial charge in [0.2, 0.25) is 0 Å². The summed E-state index contributed by atoms with van der Waals surface area (Å²) >= 11 is 0. The molecule has 2 aromatic rings. The summed E-state index contributed by atoms with van der Waals surface area (Å²) in [6.07, 6.45) is 0.647. The van der Waals surface area contributed by atoms with Gasteiger partial charge in [0.1, 0.15) is 17.3 Å². The molecule has 1 aromatic carbocycles. The van der Waals surface area contributed by atoms with Crippen LogP contribution in [0.4, 0.5) is 4.39 Å². The van der Waals surface area contributed by atoms with Crippen LogP contribution in [0, 0.1) is 5.82 Å². The maximum absolute atomic E-state index is 12.9. The topological polar surface area (TPSA) is 59.3 Å². The van der Waals surface area contributed by atoms with Crippen LogP contribution in [0.25, 0.3) is 11.3 Å². The first-order chi connectivity index (χ1) is 10.0. The standard InChI is InChI=1S/C15H16FNO3S/c16-12-3-1-11(2-4-12)15-6-5-14(20-15)9-17-13-7-8-21(18,19)10-13/h1-6,13,17H,7-10H2. The van der Waals surface area contributed by atoms with Crippen LogP contribution in [0.2, 0.25) is 0 Å². The summed E-state index contributed by atoms with van der Waals surface area (Å²) in [4.78, 5) is 0. The lowest BCUT2D eigenvalue weighted by atomic mass is 10.2. The number of hydrogen-bond donors (Lipinski definition) is 1. The van der Waals surface area contributed by atoms with Crippen LogP contribution < -0.4 is 5.32 Å². The highest BCUT2D eigenvalue weighted by molar-refractivity contribution is 7.91. The monoisotopic (exact) mass is 309 g/mol. The van der Waals surface area contributed by atoms with Gasteiger partial charge < -0.3 is 9.73 Å². The van der Waals surface area contributed by atoms with Gasteiger partial charge in [-0.3, -0.25) is 0 Å². The minimum atomic E-state index is -2.87. The van der Waals surface area contributed by atoms with E-state index in [9.17, 15) is 12.8 Å². The Morgan fingerprint density at radius 2 is 1.95 bits per heavy atom. The Labute approximate surface area is 122 Å². The first-order valence-corrected chi connectivity index (χ1v) is 8.62. The third kappa shape index (κ3) is 3.51. The molecular weight excluding hydrogens is 293 g/mol. The maximum Gasteiger partial charge on any atom is 0.151 e. The number of hydrogen-bond acceptors (Lipinski definition) is 4. The highest BCUT2D eigenvalue weighted by Crippen LogP contribution is 2.22. The third-order valence-corrected chi connectivity index (χ3v) is 5.36. The van der Waals surface area contributed by atoms with Crippen LogP contribution >= 0.6 is 0 Å². The van der Waals surface area contributed by atoms with Gasteiger partial charge in [-0.1, -0.05) is 0 Å². The lowest BCUT2D eigenvalue weighted by molar-refractivity contribution is 0.464. The van der Waals surface area contributed by atoms with Crippen molar-refractivity contribution in [1.29, 1.82) is 0 Å². The van der Waals surface area contributed by atoms with E-state index in [0.717, 1.165) is 11.3 Å². The second kappa shape index (κ2) is 5.61. The molecule has 6 heteroatoms. The van der Waals surface area contributed by atoms with Crippen molar-refractivity contribution in [2.75, 3.05) is 11.5 Å². The fourth-order valence-corrected chi connectivity index (χ4v) is 4.15. The largest absolute Gasteiger partial charge is 0.460 e. The highest BCUT2D eigenvalue weighted by atomic mass is 32.2. The van der Waals surface area contributed by atoms with Gasteiger partial charge in [-0.05, 0) is 42.8 Å². The SMILES string of the molecule is O=S1(=O)CCC(NCc2ccc(-c3ccc(F)cc3)o2)C1. The van der Waals surface area contributed by atoms with Crippen LogP contribution in [0.15, 0.2) is 40.8 Å². The molecule has 2 heterocycles. The second-order valence-electron chi connectivity index (χ2n) is 5.25. The molecule has 4 nitrogen and oxygen atoms in total. The molecule has 0 spiro atoms. The molecule has 3 rings (SSSR count). The highest BCUT2D eigenvalue weighted by Gasteiger charge is 2.27. The summed E-state index contributed by atoms with van der Waals surface area (Å²) in [6.45, 7) is 0.487. The van der Waals surface area contributed by atoms with Crippen molar-refractivity contribution in [3.8, 4) is 11.3 Å². The molecule has 0 bridgehead atoms. The predicted octanol–water partition coefficient (Wildman–Crippen LogP) is 2.36. The van der Waals surface area contributed by atoms with E-state index in [0.29, 0.717) is 18.7 Å². The quantitative estimate of drug-likeness (QED) is 0.942. The Kier molecular flexibility index (Phi) is 3.82. The molecule has 112 valence electrons. The number of sulfone groups is 1. The molecule has 0 aliphatic carbocycles. The molecule has 1 saturated heterocycles. The summed E-state index contributed by atoms with van der Waals surface area (Å²) in [5.41, 5.74) is 0.811. The molecule has 1 aliphatic heterocycles.